The molecule has 1 aliphatic rings. The van der Waals surface area contributed by atoms with Crippen LogP contribution in [0.4, 0.5) is 0 Å². The van der Waals surface area contributed by atoms with Crippen LogP contribution in [0.15, 0.2) is 17.0 Å². The monoisotopic (exact) mass is 280 g/mol. The highest BCUT2D eigenvalue weighted by Gasteiger charge is 2.08. The fraction of sp³-hybridized carbons (Fsp3) is 0.571. The minimum Gasteiger partial charge on any atom is -0.476 e. The SMILES string of the molecule is O=C(O)c1csc(CCNCCC2=CCCCC2)n1. The zero-order valence-electron chi connectivity index (χ0n) is 11.0. The van der Waals surface area contributed by atoms with E-state index in [9.17, 15) is 4.79 Å². The highest BCUT2D eigenvalue weighted by molar-refractivity contribution is 7.09. The van der Waals surface area contributed by atoms with Gasteiger partial charge in [0.15, 0.2) is 5.69 Å². The molecule has 0 bridgehead atoms. The number of hydrogen-bond acceptors (Lipinski definition) is 4. The second-order valence-corrected chi connectivity index (χ2v) is 5.73. The molecule has 0 saturated heterocycles. The van der Waals surface area contributed by atoms with Gasteiger partial charge in [-0.25, -0.2) is 9.78 Å². The lowest BCUT2D eigenvalue weighted by molar-refractivity contribution is 0.0691. The second kappa shape index (κ2) is 7.40. The average Bonchev–Trinajstić information content (AvgIpc) is 2.89. The average molecular weight is 280 g/mol. The number of carboxylic acids is 1. The molecule has 104 valence electrons. The molecule has 0 atom stereocenters. The Bertz CT molecular complexity index is 454. The van der Waals surface area contributed by atoms with Gasteiger partial charge in [0.2, 0.25) is 0 Å². The van der Waals surface area contributed by atoms with Gasteiger partial charge in [-0.05, 0) is 38.6 Å². The van der Waals surface area contributed by atoms with E-state index >= 15 is 0 Å². The molecule has 0 fully saturated rings. The van der Waals surface area contributed by atoms with Gasteiger partial charge in [0.1, 0.15) is 0 Å². The Kier molecular flexibility index (Phi) is 5.54. The summed E-state index contributed by atoms with van der Waals surface area (Å²) < 4.78 is 0. The van der Waals surface area contributed by atoms with Gasteiger partial charge in [-0.2, -0.15) is 0 Å². The predicted octanol–water partition coefficient (Wildman–Crippen LogP) is 2.86. The Morgan fingerprint density at radius 3 is 2.89 bits per heavy atom. The van der Waals surface area contributed by atoms with Crippen LogP contribution in [-0.4, -0.2) is 29.1 Å². The molecule has 0 amide bonds. The molecule has 5 heteroatoms. The molecule has 0 aliphatic heterocycles. The van der Waals surface area contributed by atoms with E-state index in [2.05, 4.69) is 16.4 Å². The van der Waals surface area contributed by atoms with Gasteiger partial charge in [0, 0.05) is 18.3 Å². The van der Waals surface area contributed by atoms with E-state index in [4.69, 9.17) is 5.11 Å². The van der Waals surface area contributed by atoms with Gasteiger partial charge in [-0.3, -0.25) is 0 Å². The first-order valence-electron chi connectivity index (χ1n) is 6.82. The zero-order chi connectivity index (χ0) is 13.5. The van der Waals surface area contributed by atoms with Gasteiger partial charge in [0.25, 0.3) is 0 Å². The van der Waals surface area contributed by atoms with Crippen LogP contribution in [-0.2, 0) is 6.42 Å². The largest absolute Gasteiger partial charge is 0.476 e. The topological polar surface area (TPSA) is 62.2 Å². The first-order valence-corrected chi connectivity index (χ1v) is 7.70. The number of allylic oxidation sites excluding steroid dienone is 1. The molecule has 2 N–H and O–H groups in total. The van der Waals surface area contributed by atoms with Crippen LogP contribution in [0, 0.1) is 0 Å². The summed E-state index contributed by atoms with van der Waals surface area (Å²) in [6.07, 6.45) is 9.50. The highest BCUT2D eigenvalue weighted by Crippen LogP contribution is 2.19. The number of nitrogens with one attached hydrogen (secondary N) is 1. The van der Waals surface area contributed by atoms with Gasteiger partial charge >= 0.3 is 5.97 Å². The minimum atomic E-state index is -0.945. The number of aromatic carboxylic acids is 1. The molecule has 4 nitrogen and oxygen atoms in total. The summed E-state index contributed by atoms with van der Waals surface area (Å²) in [5.74, 6) is -0.945. The van der Waals surface area contributed by atoms with Gasteiger partial charge in [-0.15, -0.1) is 11.3 Å². The summed E-state index contributed by atoms with van der Waals surface area (Å²) in [6, 6.07) is 0. The van der Waals surface area contributed by atoms with Crippen LogP contribution < -0.4 is 5.32 Å². The van der Waals surface area contributed by atoms with Crippen LogP contribution in [0.5, 0.6) is 0 Å². The van der Waals surface area contributed by atoms with Crippen molar-refractivity contribution in [2.45, 2.75) is 38.5 Å². The van der Waals surface area contributed by atoms with Gasteiger partial charge in [0.05, 0.1) is 5.01 Å². The lowest BCUT2D eigenvalue weighted by atomic mass is 9.97. The molecule has 2 rings (SSSR count). The van der Waals surface area contributed by atoms with E-state index in [-0.39, 0.29) is 5.69 Å². The third-order valence-corrected chi connectivity index (χ3v) is 4.20. The summed E-state index contributed by atoms with van der Waals surface area (Å²) in [5, 5.41) is 14.7. The Labute approximate surface area is 117 Å². The number of hydrogen-bond donors (Lipinski definition) is 2. The molecule has 0 aromatic carbocycles. The molecule has 0 unspecified atom stereocenters. The van der Waals surface area contributed by atoms with Crippen LogP contribution in [0.1, 0.15) is 47.6 Å². The van der Waals surface area contributed by atoms with Crippen molar-refractivity contribution < 1.29 is 9.90 Å². The van der Waals surface area contributed by atoms with E-state index in [0.29, 0.717) is 0 Å². The number of rotatable bonds is 7. The predicted molar refractivity (Wildman–Crippen MR) is 76.8 cm³/mol. The van der Waals surface area contributed by atoms with E-state index < -0.39 is 5.97 Å². The van der Waals surface area contributed by atoms with Crippen molar-refractivity contribution in [1.29, 1.82) is 0 Å². The Hall–Kier alpha value is -1.20. The van der Waals surface area contributed by atoms with Crippen LogP contribution in [0.2, 0.25) is 0 Å². The van der Waals surface area contributed by atoms with E-state index in [0.717, 1.165) is 30.9 Å². The van der Waals surface area contributed by atoms with Crippen molar-refractivity contribution in [3.05, 3.63) is 27.7 Å². The number of nitrogens with zero attached hydrogens (tertiary/aromatic N) is 1. The summed E-state index contributed by atoms with van der Waals surface area (Å²) in [7, 11) is 0. The molecule has 1 aromatic rings. The Morgan fingerprint density at radius 2 is 2.21 bits per heavy atom. The van der Waals surface area contributed by atoms with Crippen molar-refractivity contribution in [2.75, 3.05) is 13.1 Å². The van der Waals surface area contributed by atoms with Gasteiger partial charge < -0.3 is 10.4 Å². The molecule has 0 saturated carbocycles. The quantitative estimate of drug-likeness (QED) is 0.595. The molecule has 0 radical (unpaired) electrons. The molecule has 0 spiro atoms. The fourth-order valence-corrected chi connectivity index (χ4v) is 3.00. The summed E-state index contributed by atoms with van der Waals surface area (Å²) >= 11 is 1.42. The summed E-state index contributed by atoms with van der Waals surface area (Å²) in [4.78, 5) is 14.8. The van der Waals surface area contributed by atoms with E-state index in [1.54, 1.807) is 11.0 Å². The molecule has 1 heterocycles. The zero-order valence-corrected chi connectivity index (χ0v) is 11.8. The number of carboxylic acid groups (broad SMARTS) is 1. The van der Waals surface area contributed by atoms with Crippen molar-refractivity contribution >= 4 is 17.3 Å². The maximum Gasteiger partial charge on any atom is 0.355 e. The van der Waals surface area contributed by atoms with Crippen molar-refractivity contribution in [1.82, 2.24) is 10.3 Å². The number of carbonyl (C=O) groups is 1. The second-order valence-electron chi connectivity index (χ2n) is 4.79. The maximum atomic E-state index is 10.7. The first kappa shape index (κ1) is 14.2. The normalized spacial score (nSPS) is 15.3. The maximum absolute atomic E-state index is 10.7. The number of aromatic nitrogens is 1. The smallest absolute Gasteiger partial charge is 0.355 e. The minimum absolute atomic E-state index is 0.160. The number of thiazole rings is 1. The van der Waals surface area contributed by atoms with Crippen molar-refractivity contribution in [2.24, 2.45) is 0 Å². The lowest BCUT2D eigenvalue weighted by Crippen LogP contribution is -2.19. The Balaban J connectivity index is 1.61. The third kappa shape index (κ3) is 4.76. The standard InChI is InChI=1S/C14H20N2O2S/c17-14(18)12-10-19-13(16-12)7-9-15-8-6-11-4-2-1-3-5-11/h4,10,15H,1-3,5-9H2,(H,17,18). The van der Waals surface area contributed by atoms with E-state index in [1.165, 1.54) is 37.0 Å². The first-order chi connectivity index (χ1) is 9.25. The van der Waals surface area contributed by atoms with Crippen molar-refractivity contribution in [3.8, 4) is 0 Å². The Morgan fingerprint density at radius 1 is 1.37 bits per heavy atom. The van der Waals surface area contributed by atoms with Crippen LogP contribution >= 0.6 is 11.3 Å². The summed E-state index contributed by atoms with van der Waals surface area (Å²) in [5.41, 5.74) is 1.74. The van der Waals surface area contributed by atoms with Crippen LogP contribution in [0.3, 0.4) is 0 Å². The highest BCUT2D eigenvalue weighted by atomic mass is 32.1. The molecule has 19 heavy (non-hydrogen) atoms. The molecule has 1 aromatic heterocycles. The fourth-order valence-electron chi connectivity index (χ4n) is 2.22. The van der Waals surface area contributed by atoms with Gasteiger partial charge in [-0.1, -0.05) is 11.6 Å². The summed E-state index contributed by atoms with van der Waals surface area (Å²) in [6.45, 7) is 1.86. The van der Waals surface area contributed by atoms with Crippen LogP contribution in [0.25, 0.3) is 0 Å². The molecule has 1 aliphatic carbocycles. The van der Waals surface area contributed by atoms with Crippen molar-refractivity contribution in [3.63, 3.8) is 0 Å². The third-order valence-electron chi connectivity index (χ3n) is 3.29. The van der Waals surface area contributed by atoms with E-state index in [1.807, 2.05) is 0 Å². The molecular weight excluding hydrogens is 260 g/mol. The lowest BCUT2D eigenvalue weighted by Gasteiger charge is -2.12. The molecular formula is C14H20N2O2S.